The van der Waals surface area contributed by atoms with Gasteiger partial charge in [0.2, 0.25) is 5.91 Å². The summed E-state index contributed by atoms with van der Waals surface area (Å²) < 4.78 is 4.01. The van der Waals surface area contributed by atoms with E-state index in [4.69, 9.17) is 0 Å². The fourth-order valence-electron chi connectivity index (χ4n) is 3.69. The van der Waals surface area contributed by atoms with E-state index in [1.807, 2.05) is 18.2 Å². The summed E-state index contributed by atoms with van der Waals surface area (Å²) in [4.78, 5) is 53.4. The van der Waals surface area contributed by atoms with Crippen LogP contribution in [0.2, 0.25) is 0 Å². The Hall–Kier alpha value is -4.67. The van der Waals surface area contributed by atoms with Gasteiger partial charge < -0.3 is 20.5 Å². The molecular weight excluding hydrogens is 450 g/mol. The van der Waals surface area contributed by atoms with Gasteiger partial charge in [-0.25, -0.2) is 14.6 Å². The zero-order chi connectivity index (χ0) is 24.9. The summed E-state index contributed by atoms with van der Waals surface area (Å²) in [6.45, 7) is 0.388. The van der Waals surface area contributed by atoms with Crippen molar-refractivity contribution in [3.63, 3.8) is 0 Å². The zero-order valence-corrected chi connectivity index (χ0v) is 19.3. The van der Waals surface area contributed by atoms with Crippen molar-refractivity contribution in [3.05, 3.63) is 81.8 Å². The first-order valence-corrected chi connectivity index (χ1v) is 11.0. The molecule has 0 aliphatic heterocycles. The Kier molecular flexibility index (Phi) is 6.76. The summed E-state index contributed by atoms with van der Waals surface area (Å²) >= 11 is 0. The number of hydrogen-bond acceptors (Lipinski definition) is 5. The minimum absolute atomic E-state index is 0.206. The normalized spacial score (nSPS) is 10.8. The maximum Gasteiger partial charge on any atom is 0.332 e. The van der Waals surface area contributed by atoms with E-state index in [0.29, 0.717) is 41.2 Å². The Labute approximate surface area is 200 Å². The fraction of sp³-hybridized carbons (Fsp3) is 0.208. The van der Waals surface area contributed by atoms with Crippen molar-refractivity contribution in [3.8, 4) is 0 Å². The summed E-state index contributed by atoms with van der Waals surface area (Å²) in [6, 6.07) is 15.5. The summed E-state index contributed by atoms with van der Waals surface area (Å²) in [5, 5.41) is 8.28. The minimum atomic E-state index is -0.443. The van der Waals surface area contributed by atoms with Gasteiger partial charge >= 0.3 is 11.7 Å². The number of urea groups is 1. The molecule has 11 heteroatoms. The van der Waals surface area contributed by atoms with Crippen LogP contribution in [0.15, 0.2) is 70.5 Å². The van der Waals surface area contributed by atoms with Crippen LogP contribution in [0, 0.1) is 0 Å². The van der Waals surface area contributed by atoms with Crippen molar-refractivity contribution >= 4 is 40.2 Å². The molecule has 0 bridgehead atoms. The second kappa shape index (κ2) is 10.1. The topological polar surface area (TPSA) is 132 Å². The van der Waals surface area contributed by atoms with Crippen molar-refractivity contribution < 1.29 is 9.59 Å². The number of nitrogens with one attached hydrogen (secondary N) is 3. The Bertz CT molecular complexity index is 1500. The van der Waals surface area contributed by atoms with E-state index >= 15 is 0 Å². The smallest absolute Gasteiger partial charge is 0.326 e. The van der Waals surface area contributed by atoms with Crippen LogP contribution in [-0.4, -0.2) is 30.6 Å². The van der Waals surface area contributed by atoms with Gasteiger partial charge in [0.15, 0.2) is 11.2 Å². The van der Waals surface area contributed by atoms with E-state index in [9.17, 15) is 19.2 Å². The van der Waals surface area contributed by atoms with Crippen LogP contribution in [0.5, 0.6) is 0 Å². The molecule has 0 spiro atoms. The molecule has 4 aromatic rings. The molecule has 180 valence electrons. The average Bonchev–Trinajstić information content (AvgIpc) is 3.26. The van der Waals surface area contributed by atoms with Crippen molar-refractivity contribution in [2.75, 3.05) is 16.0 Å². The first-order chi connectivity index (χ1) is 16.8. The van der Waals surface area contributed by atoms with Crippen LogP contribution in [0.3, 0.4) is 0 Å². The maximum absolute atomic E-state index is 12.5. The van der Waals surface area contributed by atoms with Crippen molar-refractivity contribution in [2.45, 2.75) is 19.4 Å². The predicted octanol–water partition coefficient (Wildman–Crippen LogP) is 2.50. The summed E-state index contributed by atoms with van der Waals surface area (Å²) in [7, 11) is 2.98. The highest BCUT2D eigenvalue weighted by atomic mass is 16.2. The third-order valence-electron chi connectivity index (χ3n) is 5.46. The average molecular weight is 476 g/mol. The predicted molar refractivity (Wildman–Crippen MR) is 134 cm³/mol. The lowest BCUT2D eigenvalue weighted by atomic mass is 10.2. The molecule has 2 aromatic carbocycles. The van der Waals surface area contributed by atoms with E-state index in [1.165, 1.54) is 17.9 Å². The molecule has 3 amide bonds. The summed E-state index contributed by atoms with van der Waals surface area (Å²) in [5.41, 5.74) is 1.50. The number of amides is 3. The first kappa shape index (κ1) is 23.5. The molecule has 35 heavy (non-hydrogen) atoms. The lowest BCUT2D eigenvalue weighted by molar-refractivity contribution is -0.116. The van der Waals surface area contributed by atoms with Gasteiger partial charge in [-0.15, -0.1) is 0 Å². The van der Waals surface area contributed by atoms with E-state index < -0.39 is 17.3 Å². The SMILES string of the molecule is Cn1c(=O)c2c(ncn2CCCC(=O)Nc2cccc(NC(=O)Nc3ccccc3)c2)n(C)c1=O. The molecule has 0 radical (unpaired) electrons. The van der Waals surface area contributed by atoms with Crippen molar-refractivity contribution in [1.29, 1.82) is 0 Å². The maximum atomic E-state index is 12.5. The van der Waals surface area contributed by atoms with Gasteiger partial charge in [0, 0.05) is 44.1 Å². The van der Waals surface area contributed by atoms with E-state index in [0.717, 1.165) is 4.57 Å². The van der Waals surface area contributed by atoms with E-state index in [-0.39, 0.29) is 12.3 Å². The van der Waals surface area contributed by atoms with E-state index in [1.54, 1.807) is 48.0 Å². The van der Waals surface area contributed by atoms with Crippen molar-refractivity contribution in [2.24, 2.45) is 14.1 Å². The number of carbonyl (C=O) groups excluding carboxylic acids is 2. The Morgan fingerprint density at radius 2 is 1.51 bits per heavy atom. The van der Waals surface area contributed by atoms with Crippen LogP contribution >= 0.6 is 0 Å². The summed E-state index contributed by atoms with van der Waals surface area (Å²) in [6.07, 6.45) is 2.16. The summed E-state index contributed by atoms with van der Waals surface area (Å²) in [5.74, 6) is -0.208. The van der Waals surface area contributed by atoms with E-state index in [2.05, 4.69) is 20.9 Å². The van der Waals surface area contributed by atoms with Crippen LogP contribution in [-0.2, 0) is 25.4 Å². The Balaban J connectivity index is 1.33. The second-order valence-electron chi connectivity index (χ2n) is 7.99. The number of aromatic nitrogens is 4. The quantitative estimate of drug-likeness (QED) is 0.378. The molecule has 11 nitrogen and oxygen atoms in total. The third kappa shape index (κ3) is 5.29. The van der Waals surface area contributed by atoms with Gasteiger partial charge in [-0.05, 0) is 36.8 Å². The van der Waals surface area contributed by atoms with Gasteiger partial charge in [0.1, 0.15) is 0 Å². The number of rotatable bonds is 7. The molecule has 0 fully saturated rings. The molecule has 0 aliphatic carbocycles. The zero-order valence-electron chi connectivity index (χ0n) is 19.3. The number of para-hydroxylation sites is 1. The molecule has 0 aliphatic rings. The Morgan fingerprint density at radius 1 is 0.857 bits per heavy atom. The largest absolute Gasteiger partial charge is 0.332 e. The number of nitrogens with zero attached hydrogens (tertiary/aromatic N) is 4. The number of anilines is 3. The van der Waals surface area contributed by atoms with Crippen LogP contribution < -0.4 is 27.2 Å². The fourth-order valence-corrected chi connectivity index (χ4v) is 3.69. The van der Waals surface area contributed by atoms with Gasteiger partial charge in [0.05, 0.1) is 6.33 Å². The van der Waals surface area contributed by atoms with Crippen LogP contribution in [0.25, 0.3) is 11.2 Å². The highest BCUT2D eigenvalue weighted by molar-refractivity contribution is 6.00. The number of fused-ring (bicyclic) bond motifs is 1. The number of imidazole rings is 1. The number of aryl methyl sites for hydroxylation is 2. The van der Waals surface area contributed by atoms with Gasteiger partial charge in [-0.3, -0.25) is 18.7 Å². The van der Waals surface area contributed by atoms with Gasteiger partial charge in [-0.2, -0.15) is 0 Å². The second-order valence-corrected chi connectivity index (χ2v) is 7.99. The molecule has 4 rings (SSSR count). The lowest BCUT2D eigenvalue weighted by Crippen LogP contribution is -2.37. The number of hydrogen-bond donors (Lipinski definition) is 3. The van der Waals surface area contributed by atoms with Crippen LogP contribution in [0.1, 0.15) is 12.8 Å². The molecule has 0 unspecified atom stereocenters. The van der Waals surface area contributed by atoms with Crippen LogP contribution in [0.4, 0.5) is 21.9 Å². The highest BCUT2D eigenvalue weighted by Gasteiger charge is 2.14. The highest BCUT2D eigenvalue weighted by Crippen LogP contribution is 2.16. The number of carbonyl (C=O) groups is 2. The lowest BCUT2D eigenvalue weighted by Gasteiger charge is -2.10. The molecule has 3 N–H and O–H groups in total. The first-order valence-electron chi connectivity index (χ1n) is 11.0. The molecule has 2 aromatic heterocycles. The standard InChI is InChI=1S/C24H25N7O4/c1-29-21-20(22(33)30(2)24(29)35)31(15-25-21)13-7-12-19(32)26-17-10-6-11-18(14-17)28-23(34)27-16-8-4-3-5-9-16/h3-6,8-11,14-15H,7,12-13H2,1-2H3,(H,26,32)(H2,27,28,34). The molecule has 0 saturated heterocycles. The molecule has 2 heterocycles. The Morgan fingerprint density at radius 3 is 2.26 bits per heavy atom. The third-order valence-corrected chi connectivity index (χ3v) is 5.46. The molecular formula is C24H25N7O4. The number of benzene rings is 2. The minimum Gasteiger partial charge on any atom is -0.326 e. The molecule has 0 atom stereocenters. The van der Waals surface area contributed by atoms with Gasteiger partial charge in [0.25, 0.3) is 5.56 Å². The molecule has 0 saturated carbocycles. The van der Waals surface area contributed by atoms with Gasteiger partial charge in [-0.1, -0.05) is 24.3 Å². The monoisotopic (exact) mass is 475 g/mol. The van der Waals surface area contributed by atoms with Crippen molar-refractivity contribution in [1.82, 2.24) is 18.7 Å².